The summed E-state index contributed by atoms with van der Waals surface area (Å²) in [4.78, 5) is 1.30. The molecule has 0 atom stereocenters. The van der Waals surface area contributed by atoms with Crippen molar-refractivity contribution >= 4 is 11.3 Å². The molecule has 0 unspecified atom stereocenters. The Balaban J connectivity index is 1.86. The van der Waals surface area contributed by atoms with Gasteiger partial charge < -0.3 is 10.5 Å². The molecule has 0 aliphatic rings. The van der Waals surface area contributed by atoms with Crippen LogP contribution in [-0.2, 0) is 17.8 Å². The zero-order chi connectivity index (χ0) is 14.2. The molecule has 2 N–H and O–H groups in total. The van der Waals surface area contributed by atoms with Crippen LogP contribution in [-0.4, -0.2) is 13.2 Å². The van der Waals surface area contributed by atoms with Crippen LogP contribution < -0.4 is 5.73 Å². The van der Waals surface area contributed by atoms with Crippen molar-refractivity contribution in [3.8, 4) is 11.8 Å². The molecule has 1 aromatic heterocycles. The Morgan fingerprint density at radius 2 is 2.20 bits per heavy atom. The van der Waals surface area contributed by atoms with Gasteiger partial charge in [-0.05, 0) is 29.1 Å². The van der Waals surface area contributed by atoms with Crippen LogP contribution >= 0.6 is 11.3 Å². The zero-order valence-corrected chi connectivity index (χ0v) is 11.9. The van der Waals surface area contributed by atoms with Crippen molar-refractivity contribution in [2.45, 2.75) is 13.0 Å². The lowest BCUT2D eigenvalue weighted by Gasteiger charge is -2.05. The largest absolute Gasteiger partial charge is 0.376 e. The Morgan fingerprint density at radius 3 is 2.95 bits per heavy atom. The highest BCUT2D eigenvalue weighted by Crippen LogP contribution is 2.12. The summed E-state index contributed by atoms with van der Waals surface area (Å²) in [7, 11) is 0. The topological polar surface area (TPSA) is 35.2 Å². The van der Waals surface area contributed by atoms with E-state index < -0.39 is 0 Å². The van der Waals surface area contributed by atoms with E-state index in [1.165, 1.54) is 10.9 Å². The van der Waals surface area contributed by atoms with Crippen molar-refractivity contribution in [1.82, 2.24) is 0 Å². The van der Waals surface area contributed by atoms with Gasteiger partial charge in [-0.2, -0.15) is 0 Å². The highest BCUT2D eigenvalue weighted by Gasteiger charge is 2.02. The monoisotopic (exact) mass is 289 g/mol. The lowest BCUT2D eigenvalue weighted by Crippen LogP contribution is -1.99. The summed E-state index contributed by atoms with van der Waals surface area (Å²) < 4.78 is 19.1. The highest BCUT2D eigenvalue weighted by molar-refractivity contribution is 7.09. The van der Waals surface area contributed by atoms with Crippen LogP contribution in [0.15, 0.2) is 35.7 Å². The van der Waals surface area contributed by atoms with Crippen molar-refractivity contribution in [1.29, 1.82) is 0 Å². The predicted octanol–water partition coefficient (Wildman–Crippen LogP) is 2.96. The molecule has 0 saturated carbocycles. The second-order valence-corrected chi connectivity index (χ2v) is 5.23. The van der Waals surface area contributed by atoms with E-state index in [0.717, 1.165) is 12.0 Å². The van der Waals surface area contributed by atoms with Crippen LogP contribution in [0.3, 0.4) is 0 Å². The van der Waals surface area contributed by atoms with E-state index >= 15 is 0 Å². The summed E-state index contributed by atoms with van der Waals surface area (Å²) in [5.74, 6) is 5.05. The van der Waals surface area contributed by atoms with Gasteiger partial charge in [0.25, 0.3) is 0 Å². The maximum Gasteiger partial charge on any atom is 0.138 e. The summed E-state index contributed by atoms with van der Waals surface area (Å²) in [6.07, 6.45) is 0.901. The molecule has 2 rings (SSSR count). The number of ether oxygens (including phenoxy) is 1. The Bertz CT molecular complexity index is 599. The van der Waals surface area contributed by atoms with Gasteiger partial charge in [0.15, 0.2) is 0 Å². The van der Waals surface area contributed by atoms with Crippen molar-refractivity contribution in [3.05, 3.63) is 57.5 Å². The second kappa shape index (κ2) is 7.81. The van der Waals surface area contributed by atoms with E-state index in [2.05, 4.69) is 23.3 Å². The van der Waals surface area contributed by atoms with Gasteiger partial charge in [-0.15, -0.1) is 11.3 Å². The van der Waals surface area contributed by atoms with Gasteiger partial charge in [0.05, 0.1) is 25.3 Å². The summed E-state index contributed by atoms with van der Waals surface area (Å²) in [5, 5.41) is 2.05. The van der Waals surface area contributed by atoms with Gasteiger partial charge in [0.2, 0.25) is 0 Å². The van der Waals surface area contributed by atoms with Gasteiger partial charge in [0.1, 0.15) is 5.82 Å². The molecule has 0 aliphatic carbocycles. The van der Waals surface area contributed by atoms with Gasteiger partial charge in [0, 0.05) is 11.3 Å². The fourth-order valence-corrected chi connectivity index (χ4v) is 2.41. The first-order valence-electron chi connectivity index (χ1n) is 6.37. The average Bonchev–Trinajstić information content (AvgIpc) is 2.97. The molecule has 0 fully saturated rings. The number of thiophene rings is 1. The Kier molecular flexibility index (Phi) is 5.75. The molecule has 1 aromatic carbocycles. The van der Waals surface area contributed by atoms with Crippen LogP contribution in [0, 0.1) is 17.7 Å². The number of hydrogen-bond donors (Lipinski definition) is 1. The molecule has 4 heteroatoms. The SMILES string of the molecule is NCC#Cc1cc(COCCc2cccs2)ccc1F. The summed E-state index contributed by atoms with van der Waals surface area (Å²) >= 11 is 1.72. The molecule has 0 radical (unpaired) electrons. The molecule has 104 valence electrons. The number of halogens is 1. The summed E-state index contributed by atoms with van der Waals surface area (Å²) in [6.45, 7) is 1.34. The first-order chi connectivity index (χ1) is 9.79. The van der Waals surface area contributed by atoms with Gasteiger partial charge in [-0.1, -0.05) is 24.0 Å². The number of benzene rings is 1. The minimum Gasteiger partial charge on any atom is -0.376 e. The average molecular weight is 289 g/mol. The minimum absolute atomic E-state index is 0.223. The van der Waals surface area contributed by atoms with E-state index in [4.69, 9.17) is 10.5 Å². The van der Waals surface area contributed by atoms with Crippen LogP contribution in [0.2, 0.25) is 0 Å². The molecule has 0 spiro atoms. The predicted molar refractivity (Wildman–Crippen MR) is 80.0 cm³/mol. The Labute approximate surface area is 122 Å². The van der Waals surface area contributed by atoms with Crippen molar-refractivity contribution < 1.29 is 9.13 Å². The lowest BCUT2D eigenvalue weighted by molar-refractivity contribution is 0.124. The third-order valence-electron chi connectivity index (χ3n) is 2.70. The van der Waals surface area contributed by atoms with Gasteiger partial charge >= 0.3 is 0 Å². The quantitative estimate of drug-likeness (QED) is 0.678. The molecule has 2 aromatic rings. The fraction of sp³-hybridized carbons (Fsp3) is 0.250. The number of rotatable bonds is 5. The molecule has 2 nitrogen and oxygen atoms in total. The van der Waals surface area contributed by atoms with Crippen LogP contribution in [0.5, 0.6) is 0 Å². The molecule has 0 bridgehead atoms. The summed E-state index contributed by atoms with van der Waals surface area (Å²) in [6, 6.07) is 8.96. The van der Waals surface area contributed by atoms with E-state index in [9.17, 15) is 4.39 Å². The van der Waals surface area contributed by atoms with E-state index in [1.807, 2.05) is 6.07 Å². The third kappa shape index (κ3) is 4.46. The van der Waals surface area contributed by atoms with Crippen LogP contribution in [0.1, 0.15) is 16.0 Å². The second-order valence-electron chi connectivity index (χ2n) is 4.20. The minimum atomic E-state index is -0.326. The molecule has 20 heavy (non-hydrogen) atoms. The van der Waals surface area contributed by atoms with E-state index in [1.54, 1.807) is 23.5 Å². The maximum absolute atomic E-state index is 13.5. The first kappa shape index (κ1) is 14.7. The van der Waals surface area contributed by atoms with Crippen molar-refractivity contribution in [2.24, 2.45) is 5.73 Å². The molecular weight excluding hydrogens is 273 g/mol. The molecule has 0 aliphatic heterocycles. The number of hydrogen-bond acceptors (Lipinski definition) is 3. The van der Waals surface area contributed by atoms with E-state index in [0.29, 0.717) is 18.8 Å². The number of nitrogens with two attached hydrogens (primary N) is 1. The smallest absolute Gasteiger partial charge is 0.138 e. The van der Waals surface area contributed by atoms with Crippen LogP contribution in [0.4, 0.5) is 4.39 Å². The lowest BCUT2D eigenvalue weighted by atomic mass is 10.1. The van der Waals surface area contributed by atoms with E-state index in [-0.39, 0.29) is 12.4 Å². The maximum atomic E-state index is 13.5. The Hall–Kier alpha value is -1.67. The van der Waals surface area contributed by atoms with Gasteiger partial charge in [-0.25, -0.2) is 4.39 Å². The first-order valence-corrected chi connectivity index (χ1v) is 7.25. The summed E-state index contributed by atoms with van der Waals surface area (Å²) in [5.41, 5.74) is 6.58. The molecule has 0 saturated heterocycles. The standard InChI is InChI=1S/C16H16FNOS/c17-16-6-5-13(11-14(16)3-1-8-18)12-19-9-7-15-4-2-10-20-15/h2,4-6,10-11H,7-9,12,18H2. The fourth-order valence-electron chi connectivity index (χ4n) is 1.72. The van der Waals surface area contributed by atoms with Crippen molar-refractivity contribution in [2.75, 3.05) is 13.2 Å². The highest BCUT2D eigenvalue weighted by atomic mass is 32.1. The van der Waals surface area contributed by atoms with Gasteiger partial charge in [-0.3, -0.25) is 0 Å². The third-order valence-corrected chi connectivity index (χ3v) is 3.63. The molecule has 1 heterocycles. The normalized spacial score (nSPS) is 10.1. The Morgan fingerprint density at radius 1 is 1.30 bits per heavy atom. The van der Waals surface area contributed by atoms with Crippen molar-refractivity contribution in [3.63, 3.8) is 0 Å². The molecular formula is C16H16FNOS. The van der Waals surface area contributed by atoms with Crippen LogP contribution in [0.25, 0.3) is 0 Å². The molecule has 0 amide bonds. The zero-order valence-electron chi connectivity index (χ0n) is 11.1.